The molecule has 14 heteroatoms. The van der Waals surface area contributed by atoms with Crippen molar-refractivity contribution in [2.24, 2.45) is 5.41 Å². The number of nitrogens with zero attached hydrogens (tertiary/aromatic N) is 5. The van der Waals surface area contributed by atoms with Crippen LogP contribution in [-0.4, -0.2) is 89.7 Å². The number of aromatic hydroxyl groups is 1. The molecule has 5 heterocycles. The van der Waals surface area contributed by atoms with Crippen LogP contribution in [0.1, 0.15) is 44.6 Å². The minimum Gasteiger partial charge on any atom is -0.508 e. The number of methoxy groups -OCH3 is 1. The molecule has 0 spiro atoms. The van der Waals surface area contributed by atoms with Crippen molar-refractivity contribution < 1.29 is 36.5 Å². The molecule has 3 aliphatic heterocycles. The maximum atomic E-state index is 17.1. The lowest BCUT2D eigenvalue weighted by Gasteiger charge is -2.34. The van der Waals surface area contributed by atoms with E-state index in [0.29, 0.717) is 49.4 Å². The van der Waals surface area contributed by atoms with Crippen LogP contribution in [0.25, 0.3) is 32.9 Å². The number of pyridine rings is 1. The average molecular weight is 721 g/mol. The number of ether oxygens (including phenoxy) is 2. The zero-order valence-corrected chi connectivity index (χ0v) is 28.7. The van der Waals surface area contributed by atoms with Crippen LogP contribution in [0, 0.1) is 29.4 Å². The summed E-state index contributed by atoms with van der Waals surface area (Å²) < 4.78 is 84.2. The van der Waals surface area contributed by atoms with Crippen LogP contribution in [-0.2, 0) is 0 Å². The first kappa shape index (κ1) is 34.4. The van der Waals surface area contributed by atoms with E-state index in [4.69, 9.17) is 20.9 Å². The molecule has 2 N–H and O–H groups in total. The summed E-state index contributed by atoms with van der Waals surface area (Å²) in [6.45, 7) is 3.87. The van der Waals surface area contributed by atoms with Gasteiger partial charge in [0.25, 0.3) is 0 Å². The smallest absolute Gasteiger partial charge is 0.412 e. The lowest BCUT2D eigenvalue weighted by molar-refractivity contribution is -0.0923. The van der Waals surface area contributed by atoms with Crippen LogP contribution in [0.4, 0.5) is 27.8 Å². The number of aromatic nitrogens is 3. The third-order valence-corrected chi connectivity index (χ3v) is 11.0. The summed E-state index contributed by atoms with van der Waals surface area (Å²) in [5.41, 5.74) is -0.870. The van der Waals surface area contributed by atoms with E-state index in [1.54, 1.807) is 0 Å². The number of rotatable bonds is 8. The lowest BCUT2D eigenvalue weighted by Crippen LogP contribution is -2.51. The Morgan fingerprint density at radius 3 is 2.52 bits per heavy atom. The third kappa shape index (κ3) is 6.13. The van der Waals surface area contributed by atoms with Crippen LogP contribution in [0.5, 0.6) is 17.6 Å². The van der Waals surface area contributed by atoms with Gasteiger partial charge in [0.1, 0.15) is 34.0 Å². The Bertz CT molecular complexity index is 2170. The number of terminal acetylenes is 1. The summed E-state index contributed by atoms with van der Waals surface area (Å²) in [7, 11) is 1.40. The normalized spacial score (nSPS) is 22.2. The van der Waals surface area contributed by atoms with Crippen molar-refractivity contribution >= 4 is 27.5 Å². The topological polar surface area (TPSA) is 95.9 Å². The van der Waals surface area contributed by atoms with Crippen molar-refractivity contribution in [3.8, 4) is 41.2 Å². The highest BCUT2D eigenvalue weighted by Gasteiger charge is 2.46. The number of benzene rings is 2. The Labute approximate surface area is 296 Å². The van der Waals surface area contributed by atoms with Gasteiger partial charge in [-0.1, -0.05) is 12.0 Å². The van der Waals surface area contributed by atoms with Gasteiger partial charge >= 0.3 is 12.2 Å². The van der Waals surface area contributed by atoms with Crippen LogP contribution < -0.4 is 19.7 Å². The van der Waals surface area contributed by atoms with Crippen molar-refractivity contribution in [3.05, 3.63) is 52.6 Å². The van der Waals surface area contributed by atoms with Crippen LogP contribution in [0.2, 0.25) is 0 Å². The Morgan fingerprint density at radius 2 is 1.85 bits per heavy atom. The van der Waals surface area contributed by atoms with E-state index in [1.165, 1.54) is 31.4 Å². The van der Waals surface area contributed by atoms with Gasteiger partial charge < -0.3 is 24.8 Å². The number of hydrogen-bond acceptors (Lipinski definition) is 9. The predicted molar refractivity (Wildman–Crippen MR) is 185 cm³/mol. The Hall–Kier alpha value is -4.74. The first-order valence-corrected chi connectivity index (χ1v) is 17.4. The second-order valence-electron chi connectivity index (χ2n) is 14.5. The van der Waals surface area contributed by atoms with E-state index < -0.39 is 23.4 Å². The van der Waals surface area contributed by atoms with Gasteiger partial charge in [0.05, 0.1) is 19.3 Å². The molecule has 2 bridgehead atoms. The molecule has 2 unspecified atom stereocenters. The molecular weight excluding hydrogens is 683 g/mol. The van der Waals surface area contributed by atoms with Crippen LogP contribution in [0.15, 0.2) is 35.4 Å². The van der Waals surface area contributed by atoms with Gasteiger partial charge in [-0.05, 0) is 68.2 Å². The van der Waals surface area contributed by atoms with Gasteiger partial charge in [0.15, 0.2) is 5.82 Å². The summed E-state index contributed by atoms with van der Waals surface area (Å²) >= 11 is 0. The number of anilines is 1. The van der Waals surface area contributed by atoms with E-state index in [1.807, 2.05) is 4.90 Å². The summed E-state index contributed by atoms with van der Waals surface area (Å²) in [5.74, 6) is 1.02. The molecule has 1 saturated carbocycles. The van der Waals surface area contributed by atoms with Crippen LogP contribution in [0.3, 0.4) is 0 Å². The molecular formula is C38H37F5N6O3. The van der Waals surface area contributed by atoms with Gasteiger partial charge in [-0.2, -0.15) is 23.1 Å². The molecule has 0 amide bonds. The van der Waals surface area contributed by atoms with E-state index >= 15 is 4.39 Å². The zero-order chi connectivity index (χ0) is 36.5. The van der Waals surface area contributed by atoms with Crippen molar-refractivity contribution in [2.45, 2.75) is 57.3 Å². The molecule has 9 nitrogen and oxygen atoms in total. The fraction of sp³-hybridized carbons (Fsp3) is 0.447. The number of phenolic OH excluding ortho intramolecular Hbond substituents is 1. The number of likely N-dealkylation sites (tertiary alicyclic amines) is 1. The summed E-state index contributed by atoms with van der Waals surface area (Å²) in [4.78, 5) is 18.0. The van der Waals surface area contributed by atoms with E-state index in [2.05, 4.69) is 26.1 Å². The molecule has 1 aliphatic carbocycles. The standard InChI is InChI=1S/C38H37F5N6O3/c1-4-26-28(39)8-5-21-13-25(50)14-27(29(21)26)32-31(40)33-30(35(45-32)51-3)34(49-16-23-6-7-24(17-49)44-23)47-36(46-33)52-19-37(10-11-37)18-48-12-9-22(15-48)20(2)38(41,42)43/h1,5,8,13-14,23-24,44,50H,6-7,9-12,15-19H2,2-3H3/b22-20+. The largest absolute Gasteiger partial charge is 0.508 e. The molecule has 52 heavy (non-hydrogen) atoms. The highest BCUT2D eigenvalue weighted by molar-refractivity contribution is 6.04. The molecule has 2 atom stereocenters. The number of halogens is 5. The molecule has 4 aromatic rings. The molecule has 8 rings (SSSR count). The molecule has 4 fully saturated rings. The molecule has 2 aromatic heterocycles. The highest BCUT2D eigenvalue weighted by atomic mass is 19.4. The number of alkyl halides is 3. The number of piperazine rings is 1. The van der Waals surface area contributed by atoms with Crippen molar-refractivity contribution in [1.82, 2.24) is 25.2 Å². The Balaban J connectivity index is 1.20. The number of nitrogens with one attached hydrogen (secondary N) is 1. The number of fused-ring (bicyclic) bond motifs is 4. The monoisotopic (exact) mass is 720 g/mol. The number of allylic oxidation sites excluding steroid dienone is 1. The summed E-state index contributed by atoms with van der Waals surface area (Å²) in [5, 5.41) is 15.0. The Morgan fingerprint density at radius 1 is 1.10 bits per heavy atom. The van der Waals surface area contributed by atoms with E-state index in [-0.39, 0.29) is 81.4 Å². The maximum Gasteiger partial charge on any atom is 0.412 e. The van der Waals surface area contributed by atoms with Gasteiger partial charge in [0, 0.05) is 66.7 Å². The number of hydrogen-bond donors (Lipinski definition) is 2. The van der Waals surface area contributed by atoms with Gasteiger partial charge in [0.2, 0.25) is 5.88 Å². The first-order chi connectivity index (χ1) is 24.9. The second-order valence-corrected chi connectivity index (χ2v) is 14.5. The third-order valence-electron chi connectivity index (χ3n) is 11.0. The summed E-state index contributed by atoms with van der Waals surface area (Å²) in [6.07, 6.45) is 5.33. The molecule has 272 valence electrons. The van der Waals surface area contributed by atoms with Crippen molar-refractivity contribution in [3.63, 3.8) is 0 Å². The quantitative estimate of drug-likeness (QED) is 0.120. The average Bonchev–Trinajstić information content (AvgIpc) is 3.58. The maximum absolute atomic E-state index is 17.1. The minimum atomic E-state index is -4.35. The second kappa shape index (κ2) is 12.7. The predicted octanol–water partition coefficient (Wildman–Crippen LogP) is 6.50. The van der Waals surface area contributed by atoms with Crippen molar-refractivity contribution in [1.29, 1.82) is 0 Å². The molecule has 2 aromatic carbocycles. The SMILES string of the molecule is C#Cc1c(F)ccc2cc(O)cc(-c3nc(OC)c4c(N5CC6CCC(C5)N6)nc(OCC5(CN6CC/C(=C(/C)C(F)(F)F)C6)CC5)nc4c3F)c12. The van der Waals surface area contributed by atoms with E-state index in [0.717, 1.165) is 32.6 Å². The van der Waals surface area contributed by atoms with Gasteiger partial charge in [-0.15, -0.1) is 6.42 Å². The lowest BCUT2D eigenvalue weighted by atomic mass is 9.95. The fourth-order valence-corrected chi connectivity index (χ4v) is 8.02. The van der Waals surface area contributed by atoms with Crippen molar-refractivity contribution in [2.75, 3.05) is 51.3 Å². The van der Waals surface area contributed by atoms with Gasteiger partial charge in [-0.25, -0.2) is 13.8 Å². The van der Waals surface area contributed by atoms with Crippen LogP contribution >= 0.6 is 0 Å². The minimum absolute atomic E-state index is 0.0275. The first-order valence-electron chi connectivity index (χ1n) is 17.4. The zero-order valence-electron chi connectivity index (χ0n) is 28.7. The van der Waals surface area contributed by atoms with Gasteiger partial charge in [-0.3, -0.25) is 4.90 Å². The Kier molecular flexibility index (Phi) is 8.41. The summed E-state index contributed by atoms with van der Waals surface area (Å²) in [6, 6.07) is 5.67. The molecule has 0 radical (unpaired) electrons. The molecule has 3 saturated heterocycles. The fourth-order valence-electron chi connectivity index (χ4n) is 8.02. The van der Waals surface area contributed by atoms with E-state index in [9.17, 15) is 22.7 Å². The highest BCUT2D eigenvalue weighted by Crippen LogP contribution is 2.48. The number of phenols is 1. The molecule has 4 aliphatic rings.